The largest absolute Gasteiger partial charge is 0.490 e. The van der Waals surface area contributed by atoms with Gasteiger partial charge in [0.2, 0.25) is 0 Å². The molecule has 0 saturated heterocycles. The Bertz CT molecular complexity index is 791. The Morgan fingerprint density at radius 3 is 2.48 bits per heavy atom. The van der Waals surface area contributed by atoms with E-state index in [2.05, 4.69) is 9.88 Å². The van der Waals surface area contributed by atoms with Gasteiger partial charge in [-0.1, -0.05) is 0 Å². The van der Waals surface area contributed by atoms with Crippen molar-refractivity contribution in [2.45, 2.75) is 40.2 Å². The number of nitrogens with zero attached hydrogens (tertiary/aromatic N) is 2. The molecule has 2 rings (SSSR count). The molecule has 0 fully saturated rings. The van der Waals surface area contributed by atoms with Crippen LogP contribution in [-0.4, -0.2) is 48.7 Å². The van der Waals surface area contributed by atoms with Gasteiger partial charge in [0.1, 0.15) is 27.7 Å². The van der Waals surface area contributed by atoms with E-state index < -0.39 is 11.6 Å². The summed E-state index contributed by atoms with van der Waals surface area (Å²) in [5.41, 5.74) is 7.80. The van der Waals surface area contributed by atoms with Crippen LogP contribution in [0, 0.1) is 13.8 Å². The Balaban J connectivity index is 2.43. The number of fused-ring (bicyclic) bond motifs is 1. The normalized spacial score (nSPS) is 12.0. The van der Waals surface area contributed by atoms with E-state index in [9.17, 15) is 4.79 Å². The standard InChI is InChI=1S/C18H27N3O3S/c1-10-12-13(19)15(17(22)24-18(3,4)5)25-16(12)20-11(2)14(10)23-9-8-21(6)7/h8-9,19H2,1-7H3. The second-order valence-corrected chi connectivity index (χ2v) is 8.33. The number of hydrogen-bond acceptors (Lipinski definition) is 7. The number of aromatic nitrogens is 1. The highest BCUT2D eigenvalue weighted by molar-refractivity contribution is 7.21. The molecule has 0 unspecified atom stereocenters. The minimum atomic E-state index is -0.571. The lowest BCUT2D eigenvalue weighted by Crippen LogP contribution is -2.23. The van der Waals surface area contributed by atoms with E-state index in [4.69, 9.17) is 15.2 Å². The van der Waals surface area contributed by atoms with Crippen molar-refractivity contribution in [3.8, 4) is 5.75 Å². The number of anilines is 1. The molecular formula is C18H27N3O3S. The van der Waals surface area contributed by atoms with Crippen LogP contribution in [0.25, 0.3) is 10.2 Å². The average molecular weight is 365 g/mol. The first-order valence-corrected chi connectivity index (χ1v) is 9.03. The third-order valence-electron chi connectivity index (χ3n) is 3.61. The molecule has 2 aromatic heterocycles. The molecule has 0 aromatic carbocycles. The van der Waals surface area contributed by atoms with Crippen LogP contribution < -0.4 is 10.5 Å². The number of carbonyl (C=O) groups is 1. The number of thiophene rings is 1. The van der Waals surface area contributed by atoms with Gasteiger partial charge >= 0.3 is 5.97 Å². The molecule has 0 aliphatic rings. The van der Waals surface area contributed by atoms with Gasteiger partial charge in [0.05, 0.1) is 11.4 Å². The number of aryl methyl sites for hydroxylation is 2. The van der Waals surface area contributed by atoms with E-state index in [0.717, 1.165) is 33.8 Å². The van der Waals surface area contributed by atoms with Gasteiger partial charge in [-0.05, 0) is 48.7 Å². The van der Waals surface area contributed by atoms with Gasteiger partial charge < -0.3 is 20.1 Å². The lowest BCUT2D eigenvalue weighted by molar-refractivity contribution is 0.00764. The van der Waals surface area contributed by atoms with E-state index >= 15 is 0 Å². The summed E-state index contributed by atoms with van der Waals surface area (Å²) in [6, 6.07) is 0. The minimum Gasteiger partial charge on any atom is -0.490 e. The smallest absolute Gasteiger partial charge is 0.351 e. The Hall–Kier alpha value is -1.86. The van der Waals surface area contributed by atoms with E-state index in [-0.39, 0.29) is 0 Å². The molecule has 2 aromatic rings. The summed E-state index contributed by atoms with van der Waals surface area (Å²) in [5, 5.41) is 0.774. The van der Waals surface area contributed by atoms with Crippen LogP contribution in [0.3, 0.4) is 0 Å². The quantitative estimate of drug-likeness (QED) is 0.819. The van der Waals surface area contributed by atoms with Crippen LogP contribution in [0.5, 0.6) is 5.75 Å². The summed E-state index contributed by atoms with van der Waals surface area (Å²) in [5.74, 6) is 0.315. The maximum Gasteiger partial charge on any atom is 0.351 e. The number of esters is 1. The van der Waals surface area contributed by atoms with Crippen molar-refractivity contribution in [2.75, 3.05) is 33.0 Å². The molecule has 0 aliphatic heterocycles. The molecule has 0 amide bonds. The maximum absolute atomic E-state index is 12.4. The van der Waals surface area contributed by atoms with Gasteiger partial charge in [0, 0.05) is 17.5 Å². The first-order chi connectivity index (χ1) is 11.5. The number of likely N-dealkylation sites (N-methyl/N-ethyl adjacent to an activating group) is 1. The molecular weight excluding hydrogens is 338 g/mol. The fourth-order valence-corrected chi connectivity index (χ4v) is 3.56. The van der Waals surface area contributed by atoms with Gasteiger partial charge in [-0.15, -0.1) is 11.3 Å². The zero-order valence-electron chi connectivity index (χ0n) is 16.0. The van der Waals surface area contributed by atoms with Crippen LogP contribution in [-0.2, 0) is 4.74 Å². The lowest BCUT2D eigenvalue weighted by Gasteiger charge is -2.19. The summed E-state index contributed by atoms with van der Waals surface area (Å²) < 4.78 is 11.4. The molecule has 0 atom stereocenters. The van der Waals surface area contributed by atoms with Crippen LogP contribution in [0.2, 0.25) is 0 Å². The summed E-state index contributed by atoms with van der Waals surface area (Å²) in [6.45, 7) is 10.7. The Labute approximate surface area is 152 Å². The monoisotopic (exact) mass is 365 g/mol. The fourth-order valence-electron chi connectivity index (χ4n) is 2.48. The fraction of sp³-hybridized carbons (Fsp3) is 0.556. The number of nitrogens with two attached hydrogens (primary N) is 1. The second-order valence-electron chi connectivity index (χ2n) is 7.33. The zero-order valence-corrected chi connectivity index (χ0v) is 16.8. The van der Waals surface area contributed by atoms with Crippen LogP contribution in [0.15, 0.2) is 0 Å². The number of hydrogen-bond donors (Lipinski definition) is 1. The minimum absolute atomic E-state index is 0.394. The van der Waals surface area contributed by atoms with Crippen LogP contribution in [0.4, 0.5) is 5.69 Å². The molecule has 0 radical (unpaired) electrons. The SMILES string of the molecule is Cc1nc2sc(C(=O)OC(C)(C)C)c(N)c2c(C)c1OCCN(C)C. The van der Waals surface area contributed by atoms with Crippen LogP contribution >= 0.6 is 11.3 Å². The number of nitrogen functional groups attached to an aromatic ring is 1. The van der Waals surface area contributed by atoms with Gasteiger partial charge in [0.15, 0.2) is 0 Å². The summed E-state index contributed by atoms with van der Waals surface area (Å²) in [4.78, 5) is 20.2. The summed E-state index contributed by atoms with van der Waals surface area (Å²) in [7, 11) is 3.99. The van der Waals surface area contributed by atoms with Crippen LogP contribution in [0.1, 0.15) is 41.7 Å². The maximum atomic E-state index is 12.4. The molecule has 0 saturated carbocycles. The average Bonchev–Trinajstić information content (AvgIpc) is 2.77. The topological polar surface area (TPSA) is 77.7 Å². The second kappa shape index (κ2) is 7.17. The summed E-state index contributed by atoms with van der Waals surface area (Å²) in [6.07, 6.45) is 0. The first-order valence-electron chi connectivity index (χ1n) is 8.21. The molecule has 6 nitrogen and oxygen atoms in total. The molecule has 0 spiro atoms. The Morgan fingerprint density at radius 2 is 1.92 bits per heavy atom. The zero-order chi connectivity index (χ0) is 18.9. The van der Waals surface area contributed by atoms with E-state index in [1.54, 1.807) is 0 Å². The number of rotatable bonds is 5. The summed E-state index contributed by atoms with van der Waals surface area (Å²) >= 11 is 1.26. The molecule has 138 valence electrons. The molecule has 0 aliphatic carbocycles. The van der Waals surface area contributed by atoms with Gasteiger partial charge in [-0.2, -0.15) is 0 Å². The number of ether oxygens (including phenoxy) is 2. The highest BCUT2D eigenvalue weighted by Crippen LogP contribution is 2.40. The predicted molar refractivity (Wildman–Crippen MR) is 103 cm³/mol. The molecule has 2 N–H and O–H groups in total. The Morgan fingerprint density at radius 1 is 1.28 bits per heavy atom. The molecule has 25 heavy (non-hydrogen) atoms. The van der Waals surface area contributed by atoms with Gasteiger partial charge in [-0.3, -0.25) is 0 Å². The van der Waals surface area contributed by atoms with Crippen molar-refractivity contribution in [1.82, 2.24) is 9.88 Å². The van der Waals surface area contributed by atoms with Gasteiger partial charge in [-0.25, -0.2) is 9.78 Å². The number of pyridine rings is 1. The van der Waals surface area contributed by atoms with Crippen molar-refractivity contribution >= 4 is 33.2 Å². The third-order valence-corrected chi connectivity index (χ3v) is 4.69. The van der Waals surface area contributed by atoms with E-state index in [1.807, 2.05) is 48.7 Å². The van der Waals surface area contributed by atoms with Crippen molar-refractivity contribution in [3.63, 3.8) is 0 Å². The Kier molecular flexibility index (Phi) is 5.58. The highest BCUT2D eigenvalue weighted by atomic mass is 32.1. The molecule has 2 heterocycles. The van der Waals surface area contributed by atoms with Gasteiger partial charge in [0.25, 0.3) is 0 Å². The lowest BCUT2D eigenvalue weighted by atomic mass is 10.1. The van der Waals surface area contributed by atoms with E-state index in [0.29, 0.717) is 17.2 Å². The van der Waals surface area contributed by atoms with Crippen molar-refractivity contribution in [3.05, 3.63) is 16.1 Å². The van der Waals surface area contributed by atoms with Crippen molar-refractivity contribution in [2.24, 2.45) is 0 Å². The molecule has 7 heteroatoms. The first kappa shape index (κ1) is 19.5. The third kappa shape index (κ3) is 4.41. The van der Waals surface area contributed by atoms with Crippen molar-refractivity contribution < 1.29 is 14.3 Å². The predicted octanol–water partition coefficient (Wildman–Crippen LogP) is 3.39. The van der Waals surface area contributed by atoms with E-state index in [1.165, 1.54) is 11.3 Å². The highest BCUT2D eigenvalue weighted by Gasteiger charge is 2.25. The number of carbonyl (C=O) groups excluding carboxylic acids is 1. The van der Waals surface area contributed by atoms with Crippen molar-refractivity contribution in [1.29, 1.82) is 0 Å². The molecule has 0 bridgehead atoms.